The molecule has 5 heteroatoms. The summed E-state index contributed by atoms with van der Waals surface area (Å²) in [5, 5.41) is 8.49. The second-order valence-corrected chi connectivity index (χ2v) is 4.02. The third kappa shape index (κ3) is 2.62. The van der Waals surface area contributed by atoms with Gasteiger partial charge in [-0.1, -0.05) is 11.6 Å². The second kappa shape index (κ2) is 4.64. The summed E-state index contributed by atoms with van der Waals surface area (Å²) < 4.78 is 0.732. The van der Waals surface area contributed by atoms with Crippen molar-refractivity contribution in [2.75, 3.05) is 11.9 Å². The number of hydrogen-bond acceptors (Lipinski definition) is 2. The van der Waals surface area contributed by atoms with Crippen LogP contribution >= 0.6 is 35.2 Å². The Hall–Kier alpha value is -0.320. The monoisotopic (exact) mass is 220 g/mol. The van der Waals surface area contributed by atoms with Gasteiger partial charge in [0.15, 0.2) is 5.11 Å². The van der Waals surface area contributed by atoms with Gasteiger partial charge >= 0.3 is 0 Å². The van der Waals surface area contributed by atoms with Crippen LogP contribution < -0.4 is 10.6 Å². The summed E-state index contributed by atoms with van der Waals surface area (Å²) in [6.07, 6.45) is 0. The number of thiophene rings is 1. The summed E-state index contributed by atoms with van der Waals surface area (Å²) in [6.45, 7) is 2.80. The minimum absolute atomic E-state index is 0.609. The Morgan fingerprint density at radius 2 is 2.50 bits per heavy atom. The van der Waals surface area contributed by atoms with Gasteiger partial charge in [0.05, 0.1) is 5.69 Å². The maximum absolute atomic E-state index is 5.85. The molecular formula is C7H9ClN2S2. The summed E-state index contributed by atoms with van der Waals surface area (Å²) in [5.74, 6) is 0. The van der Waals surface area contributed by atoms with Gasteiger partial charge in [-0.3, -0.25) is 0 Å². The van der Waals surface area contributed by atoms with E-state index in [0.29, 0.717) is 5.11 Å². The predicted molar refractivity (Wildman–Crippen MR) is 59.2 cm³/mol. The van der Waals surface area contributed by atoms with Crippen LogP contribution in [0.3, 0.4) is 0 Å². The minimum atomic E-state index is 0.609. The first-order valence-electron chi connectivity index (χ1n) is 3.52. The lowest BCUT2D eigenvalue weighted by Gasteiger charge is -2.06. The Balaban J connectivity index is 2.52. The summed E-state index contributed by atoms with van der Waals surface area (Å²) >= 11 is 12.3. The fourth-order valence-corrected chi connectivity index (χ4v) is 1.80. The summed E-state index contributed by atoms with van der Waals surface area (Å²) in [5.41, 5.74) is 0.868. The van der Waals surface area contributed by atoms with Crippen molar-refractivity contribution >= 4 is 46.0 Å². The molecule has 1 heterocycles. The van der Waals surface area contributed by atoms with Crippen molar-refractivity contribution in [3.63, 3.8) is 0 Å². The van der Waals surface area contributed by atoms with E-state index in [0.717, 1.165) is 16.6 Å². The van der Waals surface area contributed by atoms with Crippen molar-refractivity contribution in [1.29, 1.82) is 0 Å². The molecule has 0 aromatic carbocycles. The van der Waals surface area contributed by atoms with Crippen LogP contribution in [0.2, 0.25) is 4.34 Å². The molecule has 0 amide bonds. The lowest BCUT2D eigenvalue weighted by molar-refractivity contribution is 0.980. The number of rotatable bonds is 2. The molecule has 0 radical (unpaired) electrons. The van der Waals surface area contributed by atoms with Crippen molar-refractivity contribution in [3.05, 3.63) is 15.8 Å². The molecular weight excluding hydrogens is 212 g/mol. The molecule has 0 fully saturated rings. The SMILES string of the molecule is CCNC(=S)Nc1ccsc1Cl. The molecule has 1 rings (SSSR count). The molecule has 0 saturated carbocycles. The largest absolute Gasteiger partial charge is 0.363 e. The van der Waals surface area contributed by atoms with Gasteiger partial charge in [0.2, 0.25) is 0 Å². The van der Waals surface area contributed by atoms with E-state index in [1.807, 2.05) is 18.4 Å². The van der Waals surface area contributed by atoms with Crippen LogP contribution in [0.5, 0.6) is 0 Å². The Morgan fingerprint density at radius 1 is 1.75 bits per heavy atom. The van der Waals surface area contributed by atoms with Gasteiger partial charge in [-0.25, -0.2) is 0 Å². The van der Waals surface area contributed by atoms with Crippen LogP contribution in [0.4, 0.5) is 5.69 Å². The second-order valence-electron chi connectivity index (χ2n) is 2.09. The molecule has 2 nitrogen and oxygen atoms in total. The molecule has 0 spiro atoms. The quantitative estimate of drug-likeness (QED) is 0.750. The van der Waals surface area contributed by atoms with E-state index >= 15 is 0 Å². The van der Waals surface area contributed by atoms with Gasteiger partial charge < -0.3 is 10.6 Å². The van der Waals surface area contributed by atoms with Crippen molar-refractivity contribution < 1.29 is 0 Å². The fraction of sp³-hybridized carbons (Fsp3) is 0.286. The Morgan fingerprint density at radius 3 is 3.00 bits per heavy atom. The fourth-order valence-electron chi connectivity index (χ4n) is 0.709. The molecule has 1 aromatic heterocycles. The lowest BCUT2D eigenvalue weighted by Crippen LogP contribution is -2.27. The van der Waals surface area contributed by atoms with Crippen LogP contribution in [-0.2, 0) is 0 Å². The lowest BCUT2D eigenvalue weighted by atomic mass is 10.5. The molecule has 0 aliphatic rings. The molecule has 12 heavy (non-hydrogen) atoms. The Labute approximate surface area is 85.9 Å². The van der Waals surface area contributed by atoms with Crippen LogP contribution in [0, 0.1) is 0 Å². The number of hydrogen-bond donors (Lipinski definition) is 2. The Bertz CT molecular complexity index is 272. The zero-order chi connectivity index (χ0) is 8.97. The number of anilines is 1. The van der Waals surface area contributed by atoms with Gasteiger partial charge in [-0.2, -0.15) is 0 Å². The van der Waals surface area contributed by atoms with E-state index in [1.165, 1.54) is 11.3 Å². The topological polar surface area (TPSA) is 24.1 Å². The van der Waals surface area contributed by atoms with Crippen molar-refractivity contribution in [1.82, 2.24) is 5.32 Å². The smallest absolute Gasteiger partial charge is 0.170 e. The van der Waals surface area contributed by atoms with Gasteiger partial charge in [0, 0.05) is 6.54 Å². The van der Waals surface area contributed by atoms with E-state index in [2.05, 4.69) is 10.6 Å². The third-order valence-electron chi connectivity index (χ3n) is 1.20. The first-order chi connectivity index (χ1) is 5.74. The van der Waals surface area contributed by atoms with E-state index in [1.54, 1.807) is 0 Å². The van der Waals surface area contributed by atoms with E-state index in [4.69, 9.17) is 23.8 Å². The first kappa shape index (κ1) is 9.77. The molecule has 0 aliphatic heterocycles. The maximum Gasteiger partial charge on any atom is 0.170 e. The van der Waals surface area contributed by atoms with Gasteiger partial charge in [-0.15, -0.1) is 11.3 Å². The normalized spacial score (nSPS) is 9.50. The van der Waals surface area contributed by atoms with E-state index in [-0.39, 0.29) is 0 Å². The molecule has 0 unspecified atom stereocenters. The van der Waals surface area contributed by atoms with Crippen LogP contribution in [0.1, 0.15) is 6.92 Å². The molecule has 0 atom stereocenters. The van der Waals surface area contributed by atoms with Crippen molar-refractivity contribution in [3.8, 4) is 0 Å². The maximum atomic E-state index is 5.85. The molecule has 0 bridgehead atoms. The van der Waals surface area contributed by atoms with Crippen molar-refractivity contribution in [2.45, 2.75) is 6.92 Å². The summed E-state index contributed by atoms with van der Waals surface area (Å²) in [6, 6.07) is 1.90. The predicted octanol–water partition coefficient (Wildman–Crippen LogP) is 2.71. The highest BCUT2D eigenvalue weighted by atomic mass is 35.5. The van der Waals surface area contributed by atoms with Crippen LogP contribution in [0.15, 0.2) is 11.4 Å². The number of halogens is 1. The average Bonchev–Trinajstić information content (AvgIpc) is 2.37. The van der Waals surface area contributed by atoms with Crippen LogP contribution in [0.25, 0.3) is 0 Å². The van der Waals surface area contributed by atoms with E-state index in [9.17, 15) is 0 Å². The standard InChI is InChI=1S/C7H9ClN2S2/c1-2-9-7(11)10-5-3-4-12-6(5)8/h3-4H,2H2,1H3,(H2,9,10,11). The van der Waals surface area contributed by atoms with Gasteiger partial charge in [0.25, 0.3) is 0 Å². The Kier molecular flexibility index (Phi) is 3.78. The van der Waals surface area contributed by atoms with Gasteiger partial charge in [0.1, 0.15) is 4.34 Å². The van der Waals surface area contributed by atoms with Gasteiger partial charge in [-0.05, 0) is 30.6 Å². The summed E-state index contributed by atoms with van der Waals surface area (Å²) in [4.78, 5) is 0. The molecule has 1 aromatic rings. The van der Waals surface area contributed by atoms with Crippen molar-refractivity contribution in [2.24, 2.45) is 0 Å². The summed E-state index contributed by atoms with van der Waals surface area (Å²) in [7, 11) is 0. The zero-order valence-electron chi connectivity index (χ0n) is 6.56. The number of nitrogens with one attached hydrogen (secondary N) is 2. The van der Waals surface area contributed by atoms with E-state index < -0.39 is 0 Å². The minimum Gasteiger partial charge on any atom is -0.363 e. The highest BCUT2D eigenvalue weighted by Gasteiger charge is 2.01. The molecule has 0 aliphatic carbocycles. The first-order valence-corrected chi connectivity index (χ1v) is 5.18. The number of thiocarbonyl (C=S) groups is 1. The molecule has 0 saturated heterocycles. The highest BCUT2D eigenvalue weighted by molar-refractivity contribution is 7.80. The zero-order valence-corrected chi connectivity index (χ0v) is 8.95. The van der Waals surface area contributed by atoms with Crippen LogP contribution in [-0.4, -0.2) is 11.7 Å². The highest BCUT2D eigenvalue weighted by Crippen LogP contribution is 2.27. The molecule has 2 N–H and O–H groups in total. The average molecular weight is 221 g/mol. The molecule has 66 valence electrons. The third-order valence-corrected chi connectivity index (χ3v) is 2.62.